The maximum Gasteiger partial charge on any atom is 0.256 e. The minimum atomic E-state index is -0.549. The molecule has 1 aromatic carbocycles. The second-order valence-electron chi connectivity index (χ2n) is 3.15. The van der Waals surface area contributed by atoms with Gasteiger partial charge >= 0.3 is 0 Å². The lowest BCUT2D eigenvalue weighted by Gasteiger charge is -2.04. The molecular weight excluding hydrogens is 207 g/mol. The van der Waals surface area contributed by atoms with E-state index in [1.54, 1.807) is 30.3 Å². The molecule has 0 aliphatic carbocycles. The number of nitrogens with zero attached hydrogens (tertiary/aromatic N) is 1. The quantitative estimate of drug-likeness (QED) is 0.837. The highest BCUT2D eigenvalue weighted by Gasteiger charge is 2.08. The molecule has 1 amide bonds. The zero-order valence-corrected chi connectivity index (χ0v) is 8.35. The number of anilines is 1. The highest BCUT2D eigenvalue weighted by atomic mass is 19.1. The first-order valence-electron chi connectivity index (χ1n) is 4.74. The molecule has 1 N–H and O–H groups in total. The first-order valence-corrected chi connectivity index (χ1v) is 4.74. The van der Waals surface area contributed by atoms with Crippen molar-refractivity contribution in [2.75, 3.05) is 5.32 Å². The van der Waals surface area contributed by atoms with Crippen LogP contribution in [-0.2, 0) is 0 Å². The van der Waals surface area contributed by atoms with Gasteiger partial charge in [0, 0.05) is 11.8 Å². The van der Waals surface area contributed by atoms with Crippen LogP contribution in [0, 0.1) is 5.82 Å². The maximum atomic E-state index is 13.2. The van der Waals surface area contributed by atoms with Gasteiger partial charge in [-0.05, 0) is 24.3 Å². The van der Waals surface area contributed by atoms with Crippen molar-refractivity contribution >= 4 is 11.7 Å². The number of hydrogen-bond donors (Lipinski definition) is 1. The number of benzene rings is 1. The van der Waals surface area contributed by atoms with Crippen molar-refractivity contribution in [1.82, 2.24) is 4.98 Å². The van der Waals surface area contributed by atoms with Crippen molar-refractivity contribution in [1.29, 1.82) is 0 Å². The van der Waals surface area contributed by atoms with E-state index < -0.39 is 5.82 Å². The van der Waals surface area contributed by atoms with Crippen molar-refractivity contribution in [3.8, 4) is 0 Å². The Kier molecular flexibility index (Phi) is 2.91. The Morgan fingerprint density at radius 2 is 1.88 bits per heavy atom. The number of aromatic nitrogens is 1. The third kappa shape index (κ3) is 2.23. The minimum Gasteiger partial charge on any atom is -0.304 e. The third-order valence-electron chi connectivity index (χ3n) is 2.03. The van der Waals surface area contributed by atoms with Crippen molar-refractivity contribution in [2.45, 2.75) is 0 Å². The van der Waals surface area contributed by atoms with E-state index in [4.69, 9.17) is 0 Å². The van der Waals surface area contributed by atoms with Crippen LogP contribution >= 0.6 is 0 Å². The van der Waals surface area contributed by atoms with Crippen LogP contribution in [0.5, 0.6) is 0 Å². The van der Waals surface area contributed by atoms with Gasteiger partial charge in [-0.2, -0.15) is 0 Å². The van der Waals surface area contributed by atoms with Gasteiger partial charge < -0.3 is 5.32 Å². The molecule has 0 saturated heterocycles. The zero-order chi connectivity index (χ0) is 11.4. The normalized spacial score (nSPS) is 9.81. The van der Waals surface area contributed by atoms with Gasteiger partial charge in [0.2, 0.25) is 0 Å². The molecule has 0 spiro atoms. The molecule has 0 unspecified atom stereocenters. The monoisotopic (exact) mass is 216 g/mol. The topological polar surface area (TPSA) is 42.0 Å². The molecule has 3 nitrogen and oxygen atoms in total. The molecule has 0 bridgehead atoms. The number of nitrogens with one attached hydrogen (secondary N) is 1. The average Bonchev–Trinajstić information content (AvgIpc) is 2.33. The molecule has 0 radical (unpaired) electrons. The summed E-state index contributed by atoms with van der Waals surface area (Å²) < 4.78 is 13.2. The third-order valence-corrected chi connectivity index (χ3v) is 2.03. The number of rotatable bonds is 2. The van der Waals surface area contributed by atoms with Gasteiger partial charge in [0.15, 0.2) is 11.6 Å². The van der Waals surface area contributed by atoms with Crippen molar-refractivity contribution < 1.29 is 9.18 Å². The molecule has 80 valence electrons. The van der Waals surface area contributed by atoms with E-state index in [0.717, 1.165) is 0 Å². The van der Waals surface area contributed by atoms with E-state index in [9.17, 15) is 9.18 Å². The van der Waals surface area contributed by atoms with Crippen LogP contribution in [0.4, 0.5) is 10.2 Å². The SMILES string of the molecule is O=C(Nc1ncccc1F)c1ccccc1. The molecule has 0 aliphatic heterocycles. The number of amides is 1. The van der Waals surface area contributed by atoms with Crippen molar-refractivity contribution in [3.63, 3.8) is 0 Å². The molecule has 2 rings (SSSR count). The highest BCUT2D eigenvalue weighted by molar-refractivity contribution is 6.03. The predicted molar refractivity (Wildman–Crippen MR) is 58.6 cm³/mol. The second-order valence-corrected chi connectivity index (χ2v) is 3.15. The number of carbonyl (C=O) groups excluding carboxylic acids is 1. The largest absolute Gasteiger partial charge is 0.304 e. The summed E-state index contributed by atoms with van der Waals surface area (Å²) in [6, 6.07) is 11.3. The van der Waals surface area contributed by atoms with Crippen LogP contribution in [0.2, 0.25) is 0 Å². The maximum absolute atomic E-state index is 13.2. The lowest BCUT2D eigenvalue weighted by molar-refractivity contribution is 0.102. The van der Waals surface area contributed by atoms with Crippen LogP contribution in [0.1, 0.15) is 10.4 Å². The molecule has 2 aromatic rings. The Balaban J connectivity index is 2.18. The summed E-state index contributed by atoms with van der Waals surface area (Å²) in [5, 5.41) is 2.40. The lowest BCUT2D eigenvalue weighted by atomic mass is 10.2. The fourth-order valence-electron chi connectivity index (χ4n) is 1.25. The van der Waals surface area contributed by atoms with E-state index in [0.29, 0.717) is 5.56 Å². The Morgan fingerprint density at radius 3 is 2.56 bits per heavy atom. The van der Waals surface area contributed by atoms with Crippen LogP contribution < -0.4 is 5.32 Å². The fourth-order valence-corrected chi connectivity index (χ4v) is 1.25. The Morgan fingerprint density at radius 1 is 1.12 bits per heavy atom. The molecular formula is C12H9FN2O. The smallest absolute Gasteiger partial charge is 0.256 e. The van der Waals surface area contributed by atoms with E-state index in [-0.39, 0.29) is 11.7 Å². The van der Waals surface area contributed by atoms with Gasteiger partial charge in [-0.25, -0.2) is 9.37 Å². The molecule has 0 saturated carbocycles. The first-order chi connectivity index (χ1) is 7.77. The number of hydrogen-bond acceptors (Lipinski definition) is 2. The number of carbonyl (C=O) groups is 1. The highest BCUT2D eigenvalue weighted by Crippen LogP contribution is 2.10. The van der Waals surface area contributed by atoms with E-state index in [1.807, 2.05) is 0 Å². The summed E-state index contributed by atoms with van der Waals surface area (Å²) >= 11 is 0. The lowest BCUT2D eigenvalue weighted by Crippen LogP contribution is -2.13. The Labute approximate surface area is 92.0 Å². The fraction of sp³-hybridized carbons (Fsp3) is 0. The summed E-state index contributed by atoms with van der Waals surface area (Å²) in [5.74, 6) is -0.985. The molecule has 0 atom stereocenters. The zero-order valence-electron chi connectivity index (χ0n) is 8.35. The van der Waals surface area contributed by atoms with Gasteiger partial charge in [-0.3, -0.25) is 4.79 Å². The van der Waals surface area contributed by atoms with Gasteiger partial charge in [-0.15, -0.1) is 0 Å². The van der Waals surface area contributed by atoms with E-state index in [1.165, 1.54) is 18.3 Å². The van der Waals surface area contributed by atoms with Crippen molar-refractivity contribution in [3.05, 3.63) is 60.0 Å². The molecule has 4 heteroatoms. The van der Waals surface area contributed by atoms with Crippen LogP contribution in [0.3, 0.4) is 0 Å². The number of halogens is 1. The molecule has 1 heterocycles. The van der Waals surface area contributed by atoms with Gasteiger partial charge in [0.25, 0.3) is 5.91 Å². The summed E-state index contributed by atoms with van der Waals surface area (Å²) in [6.07, 6.45) is 1.42. The predicted octanol–water partition coefficient (Wildman–Crippen LogP) is 2.47. The molecule has 1 aromatic heterocycles. The van der Waals surface area contributed by atoms with E-state index in [2.05, 4.69) is 10.3 Å². The van der Waals surface area contributed by atoms with Gasteiger partial charge in [0.05, 0.1) is 0 Å². The summed E-state index contributed by atoms with van der Waals surface area (Å²) in [7, 11) is 0. The Bertz CT molecular complexity index is 499. The molecule has 0 aliphatic rings. The summed E-state index contributed by atoms with van der Waals surface area (Å²) in [5.41, 5.74) is 0.465. The van der Waals surface area contributed by atoms with Crippen LogP contribution in [0.25, 0.3) is 0 Å². The second kappa shape index (κ2) is 4.53. The van der Waals surface area contributed by atoms with Gasteiger partial charge in [0.1, 0.15) is 0 Å². The molecule has 16 heavy (non-hydrogen) atoms. The van der Waals surface area contributed by atoms with Gasteiger partial charge in [-0.1, -0.05) is 18.2 Å². The standard InChI is InChI=1S/C12H9FN2O/c13-10-7-4-8-14-11(10)15-12(16)9-5-2-1-3-6-9/h1-8H,(H,14,15,16). The van der Waals surface area contributed by atoms with E-state index >= 15 is 0 Å². The Hall–Kier alpha value is -2.23. The minimum absolute atomic E-state index is 0.0589. The summed E-state index contributed by atoms with van der Waals surface area (Å²) in [4.78, 5) is 15.4. The number of pyridine rings is 1. The first kappa shape index (κ1) is 10.3. The van der Waals surface area contributed by atoms with Crippen LogP contribution in [-0.4, -0.2) is 10.9 Å². The molecule has 0 fully saturated rings. The van der Waals surface area contributed by atoms with Crippen LogP contribution in [0.15, 0.2) is 48.7 Å². The van der Waals surface area contributed by atoms with Crippen molar-refractivity contribution in [2.24, 2.45) is 0 Å². The summed E-state index contributed by atoms with van der Waals surface area (Å²) in [6.45, 7) is 0. The average molecular weight is 216 g/mol.